The third-order valence-corrected chi connectivity index (χ3v) is 5.16. The van der Waals surface area contributed by atoms with Crippen molar-refractivity contribution in [3.63, 3.8) is 0 Å². The molecule has 1 saturated carbocycles. The fraction of sp³-hybridized carbons (Fsp3) is 0.389. The molecule has 0 atom stereocenters. The third kappa shape index (κ3) is 3.42. The lowest BCUT2D eigenvalue weighted by Gasteiger charge is -2.18. The Bertz CT molecular complexity index is 814. The molecule has 2 aromatic rings. The molecule has 1 aliphatic carbocycles. The number of carbonyl (C=O) groups excluding carboxylic acids is 1. The lowest BCUT2D eigenvalue weighted by Crippen LogP contribution is -2.16. The van der Waals surface area contributed by atoms with E-state index < -0.39 is 0 Å². The highest BCUT2D eigenvalue weighted by Gasteiger charge is 2.30. The molecule has 0 saturated heterocycles. The van der Waals surface area contributed by atoms with E-state index in [0.717, 1.165) is 23.8 Å². The number of ketones is 1. The van der Waals surface area contributed by atoms with E-state index in [1.807, 2.05) is 6.08 Å². The van der Waals surface area contributed by atoms with Crippen molar-refractivity contribution in [2.45, 2.75) is 30.5 Å². The fourth-order valence-electron chi connectivity index (χ4n) is 2.78. The van der Waals surface area contributed by atoms with Crippen LogP contribution in [0.4, 0.5) is 0 Å². The molecule has 130 valence electrons. The minimum absolute atomic E-state index is 0.0306. The van der Waals surface area contributed by atoms with Gasteiger partial charge in [0.05, 0.1) is 5.75 Å². The zero-order chi connectivity index (χ0) is 17.2. The van der Waals surface area contributed by atoms with Crippen LogP contribution < -0.4 is 9.47 Å². The van der Waals surface area contributed by atoms with Crippen LogP contribution in [0.3, 0.4) is 0 Å². The molecule has 1 aromatic heterocycles. The van der Waals surface area contributed by atoms with Crippen LogP contribution in [0.1, 0.15) is 34.9 Å². The normalized spacial score (nSPS) is 15.8. The van der Waals surface area contributed by atoms with Crippen LogP contribution in [-0.4, -0.2) is 39.5 Å². The van der Waals surface area contributed by atoms with Crippen LogP contribution in [0.15, 0.2) is 36.0 Å². The molecule has 6 nitrogen and oxygen atoms in total. The lowest BCUT2D eigenvalue weighted by atomic mass is 10.1. The molecular weight excluding hydrogens is 338 g/mol. The smallest absolute Gasteiger partial charge is 0.191 e. The molecule has 7 heteroatoms. The Labute approximate surface area is 150 Å². The summed E-state index contributed by atoms with van der Waals surface area (Å²) in [7, 11) is 0. The number of Topliss-reactive ketones (excluding diaryl/α,β-unsaturated/α-hetero) is 1. The highest BCUT2D eigenvalue weighted by molar-refractivity contribution is 7.99. The molecule has 0 bridgehead atoms. The fourth-order valence-corrected chi connectivity index (χ4v) is 3.63. The second-order valence-electron chi connectivity index (χ2n) is 6.08. The van der Waals surface area contributed by atoms with Gasteiger partial charge in [0.2, 0.25) is 0 Å². The number of nitrogens with zero attached hydrogens (tertiary/aromatic N) is 3. The highest BCUT2D eigenvalue weighted by atomic mass is 32.2. The standard InChI is InChI=1S/C18H19N3O3S/c1-2-7-21-17(12-3-4-12)19-20-18(21)25-11-14(22)13-5-6-15-16(10-13)24-9-8-23-15/h2,5-6,10,12H,1,3-4,7-9,11H2. The molecule has 1 aliphatic heterocycles. The Morgan fingerprint density at radius 3 is 2.84 bits per heavy atom. The van der Waals surface area contributed by atoms with Gasteiger partial charge in [-0.1, -0.05) is 17.8 Å². The first-order valence-electron chi connectivity index (χ1n) is 8.36. The number of carbonyl (C=O) groups is 1. The van der Waals surface area contributed by atoms with E-state index in [9.17, 15) is 4.79 Å². The minimum atomic E-state index is 0.0306. The maximum Gasteiger partial charge on any atom is 0.191 e. The zero-order valence-electron chi connectivity index (χ0n) is 13.8. The van der Waals surface area contributed by atoms with Gasteiger partial charge in [-0.15, -0.1) is 16.8 Å². The highest BCUT2D eigenvalue weighted by Crippen LogP contribution is 2.40. The number of thioether (sulfide) groups is 1. The molecule has 2 aliphatic rings. The molecule has 0 N–H and O–H groups in total. The quantitative estimate of drug-likeness (QED) is 0.431. The van der Waals surface area contributed by atoms with Crippen molar-refractivity contribution in [1.29, 1.82) is 0 Å². The molecule has 0 amide bonds. The van der Waals surface area contributed by atoms with Crippen LogP contribution in [-0.2, 0) is 6.54 Å². The molecule has 1 aromatic carbocycles. The van der Waals surface area contributed by atoms with Crippen molar-refractivity contribution >= 4 is 17.5 Å². The maximum atomic E-state index is 12.5. The van der Waals surface area contributed by atoms with Gasteiger partial charge >= 0.3 is 0 Å². The van der Waals surface area contributed by atoms with Gasteiger partial charge in [-0.3, -0.25) is 4.79 Å². The number of rotatable bonds is 7. The van der Waals surface area contributed by atoms with Crippen molar-refractivity contribution in [1.82, 2.24) is 14.8 Å². The second-order valence-corrected chi connectivity index (χ2v) is 7.03. The van der Waals surface area contributed by atoms with E-state index in [1.54, 1.807) is 18.2 Å². The Morgan fingerprint density at radius 2 is 2.08 bits per heavy atom. The lowest BCUT2D eigenvalue weighted by molar-refractivity contribution is 0.102. The van der Waals surface area contributed by atoms with Crippen molar-refractivity contribution in [2.24, 2.45) is 0 Å². The zero-order valence-corrected chi connectivity index (χ0v) is 14.6. The van der Waals surface area contributed by atoms with Gasteiger partial charge in [0.15, 0.2) is 22.4 Å². The topological polar surface area (TPSA) is 66.2 Å². The number of fused-ring (bicyclic) bond motifs is 1. The first-order chi connectivity index (χ1) is 12.3. The number of hydrogen-bond acceptors (Lipinski definition) is 6. The van der Waals surface area contributed by atoms with Crippen LogP contribution in [0.2, 0.25) is 0 Å². The molecule has 0 radical (unpaired) electrons. The van der Waals surface area contributed by atoms with Gasteiger partial charge in [-0.2, -0.15) is 0 Å². The number of benzene rings is 1. The van der Waals surface area contributed by atoms with E-state index in [-0.39, 0.29) is 5.78 Å². The van der Waals surface area contributed by atoms with Crippen molar-refractivity contribution in [3.8, 4) is 11.5 Å². The summed E-state index contributed by atoms with van der Waals surface area (Å²) in [6.07, 6.45) is 4.16. The molecule has 0 spiro atoms. The van der Waals surface area contributed by atoms with Gasteiger partial charge in [-0.05, 0) is 31.0 Å². The number of ether oxygens (including phenoxy) is 2. The summed E-state index contributed by atoms with van der Waals surface area (Å²) in [6.45, 7) is 5.52. The Kier molecular flexibility index (Phi) is 4.48. The third-order valence-electron chi connectivity index (χ3n) is 4.20. The predicted molar refractivity (Wildman–Crippen MR) is 94.7 cm³/mol. The maximum absolute atomic E-state index is 12.5. The SMILES string of the molecule is C=CCn1c(SCC(=O)c2ccc3c(c2)OCCO3)nnc1C1CC1. The molecule has 1 fully saturated rings. The Morgan fingerprint density at radius 1 is 1.28 bits per heavy atom. The number of allylic oxidation sites excluding steroid dienone is 1. The summed E-state index contributed by atoms with van der Waals surface area (Å²) in [6, 6.07) is 5.32. The Hall–Kier alpha value is -2.28. The van der Waals surface area contributed by atoms with Crippen LogP contribution in [0, 0.1) is 0 Å². The van der Waals surface area contributed by atoms with E-state index in [1.165, 1.54) is 11.8 Å². The first-order valence-corrected chi connectivity index (χ1v) is 9.34. The average Bonchev–Trinajstić information content (AvgIpc) is 3.41. The van der Waals surface area contributed by atoms with Crippen LogP contribution >= 0.6 is 11.8 Å². The van der Waals surface area contributed by atoms with Crippen molar-refractivity contribution in [3.05, 3.63) is 42.2 Å². The minimum Gasteiger partial charge on any atom is -0.486 e. The predicted octanol–water partition coefficient (Wildman–Crippen LogP) is 3.09. The van der Waals surface area contributed by atoms with Gasteiger partial charge in [-0.25, -0.2) is 0 Å². The van der Waals surface area contributed by atoms with E-state index >= 15 is 0 Å². The molecule has 4 rings (SSSR count). The number of hydrogen-bond donors (Lipinski definition) is 0. The molecule has 0 unspecified atom stereocenters. The van der Waals surface area contributed by atoms with Gasteiger partial charge < -0.3 is 14.0 Å². The van der Waals surface area contributed by atoms with E-state index in [0.29, 0.717) is 48.5 Å². The molecule has 2 heterocycles. The summed E-state index contributed by atoms with van der Waals surface area (Å²) in [4.78, 5) is 12.5. The van der Waals surface area contributed by atoms with Crippen molar-refractivity contribution in [2.75, 3.05) is 19.0 Å². The van der Waals surface area contributed by atoms with Crippen LogP contribution in [0.25, 0.3) is 0 Å². The number of aromatic nitrogens is 3. The summed E-state index contributed by atoms with van der Waals surface area (Å²) < 4.78 is 13.1. The van der Waals surface area contributed by atoms with Gasteiger partial charge in [0, 0.05) is 18.0 Å². The summed E-state index contributed by atoms with van der Waals surface area (Å²) in [5, 5.41) is 9.34. The first kappa shape index (κ1) is 16.2. The summed E-state index contributed by atoms with van der Waals surface area (Å²) in [5.74, 6) is 3.18. The summed E-state index contributed by atoms with van der Waals surface area (Å²) in [5.41, 5.74) is 0.619. The second kappa shape index (κ2) is 6.92. The molecule has 25 heavy (non-hydrogen) atoms. The van der Waals surface area contributed by atoms with Crippen LogP contribution in [0.5, 0.6) is 11.5 Å². The monoisotopic (exact) mass is 357 g/mol. The van der Waals surface area contributed by atoms with Crippen molar-refractivity contribution < 1.29 is 14.3 Å². The Balaban J connectivity index is 1.46. The van der Waals surface area contributed by atoms with Gasteiger partial charge in [0.1, 0.15) is 19.0 Å². The van der Waals surface area contributed by atoms with E-state index in [4.69, 9.17) is 9.47 Å². The molecular formula is C18H19N3O3S. The summed E-state index contributed by atoms with van der Waals surface area (Å²) >= 11 is 1.41. The average molecular weight is 357 g/mol. The van der Waals surface area contributed by atoms with Gasteiger partial charge in [0.25, 0.3) is 0 Å². The van der Waals surface area contributed by atoms with E-state index in [2.05, 4.69) is 21.3 Å². The largest absolute Gasteiger partial charge is 0.486 e.